The molecule has 0 radical (unpaired) electrons. The van der Waals surface area contributed by atoms with Crippen LogP contribution in [0.4, 0.5) is 5.69 Å². The molecule has 0 fully saturated rings. The van der Waals surface area contributed by atoms with Gasteiger partial charge in [0.05, 0.1) is 14.2 Å². The lowest BCUT2D eigenvalue weighted by Gasteiger charge is -2.10. The van der Waals surface area contributed by atoms with E-state index < -0.39 is 0 Å². The van der Waals surface area contributed by atoms with Gasteiger partial charge in [-0.1, -0.05) is 25.1 Å². The number of hydrogen-bond donors (Lipinski definition) is 3. The summed E-state index contributed by atoms with van der Waals surface area (Å²) < 4.78 is 10.5. The highest BCUT2D eigenvalue weighted by Gasteiger charge is 2.05. The fourth-order valence-corrected chi connectivity index (χ4v) is 2.65. The summed E-state index contributed by atoms with van der Waals surface area (Å²) in [6.45, 7) is 2.62. The number of amides is 1. The molecule has 4 N–H and O–H groups in total. The van der Waals surface area contributed by atoms with Gasteiger partial charge in [0.25, 0.3) is 0 Å². The number of ether oxygens (including phenoxy) is 2. The fourth-order valence-electron chi connectivity index (χ4n) is 2.65. The van der Waals surface area contributed by atoms with Crippen molar-refractivity contribution in [3.8, 4) is 11.5 Å². The zero-order valence-electron chi connectivity index (χ0n) is 16.6. The normalized spacial score (nSPS) is 11.0. The number of rotatable bonds is 9. The molecule has 0 aromatic heterocycles. The maximum atomic E-state index is 12.0. The van der Waals surface area contributed by atoms with Gasteiger partial charge in [0.15, 0.2) is 17.5 Å². The minimum atomic E-state index is -0.210. The number of carbonyl (C=O) groups excluding carboxylic acids is 1. The average Bonchev–Trinajstić information content (AvgIpc) is 2.72. The molecule has 2 rings (SSSR count). The Labute approximate surface area is 165 Å². The zero-order chi connectivity index (χ0) is 20.4. The second kappa shape index (κ2) is 10.8. The Hall–Kier alpha value is -3.22. The first-order valence-electron chi connectivity index (χ1n) is 9.19. The monoisotopic (exact) mass is 384 g/mol. The number of methoxy groups -OCH3 is 2. The highest BCUT2D eigenvalue weighted by molar-refractivity contribution is 5.93. The molecular weight excluding hydrogens is 356 g/mol. The summed E-state index contributed by atoms with van der Waals surface area (Å²) >= 11 is 0. The van der Waals surface area contributed by atoms with Crippen LogP contribution in [0.1, 0.15) is 18.1 Å². The third kappa shape index (κ3) is 6.50. The standard InChI is InChI=1S/C21H28N4O3/c1-4-15-6-5-7-17(12-15)25-20(26)14-24-21(22)23-11-10-16-8-9-18(27-2)19(13-16)28-3/h5-9,12-13H,4,10-11,14H2,1-3H3,(H,25,26)(H3,22,23,24). The van der Waals surface area contributed by atoms with Crippen LogP contribution in [0.15, 0.2) is 47.5 Å². The molecule has 2 aromatic rings. The second-order valence-corrected chi connectivity index (χ2v) is 6.17. The smallest absolute Gasteiger partial charge is 0.246 e. The quantitative estimate of drug-likeness (QED) is 0.455. The largest absolute Gasteiger partial charge is 0.493 e. The topological polar surface area (TPSA) is 98.0 Å². The molecule has 0 atom stereocenters. The zero-order valence-corrected chi connectivity index (χ0v) is 16.6. The average molecular weight is 384 g/mol. The van der Waals surface area contributed by atoms with E-state index in [0.717, 1.165) is 29.7 Å². The summed E-state index contributed by atoms with van der Waals surface area (Å²) in [5.41, 5.74) is 8.84. The first-order valence-corrected chi connectivity index (χ1v) is 9.19. The summed E-state index contributed by atoms with van der Waals surface area (Å²) in [6.07, 6.45) is 1.64. The number of nitrogens with zero attached hydrogens (tertiary/aromatic N) is 1. The van der Waals surface area contributed by atoms with E-state index in [0.29, 0.717) is 18.0 Å². The first-order chi connectivity index (χ1) is 13.5. The molecule has 0 saturated heterocycles. The van der Waals surface area contributed by atoms with Gasteiger partial charge in [-0.2, -0.15) is 0 Å². The number of anilines is 1. The van der Waals surface area contributed by atoms with Crippen LogP contribution in [0.5, 0.6) is 11.5 Å². The summed E-state index contributed by atoms with van der Waals surface area (Å²) in [5, 5.41) is 5.83. The molecular formula is C21H28N4O3. The fraction of sp³-hybridized carbons (Fsp3) is 0.333. The van der Waals surface area contributed by atoms with Gasteiger partial charge in [0, 0.05) is 12.2 Å². The van der Waals surface area contributed by atoms with Gasteiger partial charge in [-0.05, 0) is 48.2 Å². The van der Waals surface area contributed by atoms with Crippen LogP contribution < -0.4 is 25.8 Å². The van der Waals surface area contributed by atoms with Crippen molar-refractivity contribution >= 4 is 17.6 Å². The van der Waals surface area contributed by atoms with E-state index in [1.165, 1.54) is 0 Å². The van der Waals surface area contributed by atoms with Gasteiger partial charge in [0.1, 0.15) is 6.54 Å². The molecule has 0 aliphatic rings. The van der Waals surface area contributed by atoms with Crippen LogP contribution in [0.3, 0.4) is 0 Å². The summed E-state index contributed by atoms with van der Waals surface area (Å²) in [5.74, 6) is 1.40. The molecule has 0 spiro atoms. The summed E-state index contributed by atoms with van der Waals surface area (Å²) in [6, 6.07) is 13.5. The minimum absolute atomic E-state index is 0.0362. The molecule has 0 saturated carbocycles. The third-order valence-corrected chi connectivity index (χ3v) is 4.18. The lowest BCUT2D eigenvalue weighted by molar-refractivity contribution is -0.114. The highest BCUT2D eigenvalue weighted by atomic mass is 16.5. The van der Waals surface area contributed by atoms with Gasteiger partial charge < -0.3 is 25.8 Å². The van der Waals surface area contributed by atoms with Crippen molar-refractivity contribution in [2.75, 3.05) is 32.6 Å². The number of hydrogen-bond acceptors (Lipinski definition) is 4. The van der Waals surface area contributed by atoms with E-state index in [-0.39, 0.29) is 18.4 Å². The van der Waals surface area contributed by atoms with Gasteiger partial charge >= 0.3 is 0 Å². The summed E-state index contributed by atoms with van der Waals surface area (Å²) in [7, 11) is 3.21. The van der Waals surface area contributed by atoms with E-state index in [1.807, 2.05) is 42.5 Å². The Morgan fingerprint density at radius 1 is 1.07 bits per heavy atom. The van der Waals surface area contributed by atoms with E-state index >= 15 is 0 Å². The van der Waals surface area contributed by atoms with E-state index in [2.05, 4.69) is 22.5 Å². The van der Waals surface area contributed by atoms with Crippen LogP contribution in [0.2, 0.25) is 0 Å². The molecule has 1 amide bonds. The molecule has 7 nitrogen and oxygen atoms in total. The number of guanidine groups is 1. The third-order valence-electron chi connectivity index (χ3n) is 4.18. The second-order valence-electron chi connectivity index (χ2n) is 6.17. The summed E-state index contributed by atoms with van der Waals surface area (Å²) in [4.78, 5) is 16.1. The number of aliphatic imine (C=N–C) groups is 1. The Morgan fingerprint density at radius 3 is 2.57 bits per heavy atom. The molecule has 7 heteroatoms. The maximum Gasteiger partial charge on any atom is 0.246 e. The first kappa shape index (κ1) is 21.1. The number of nitrogens with two attached hydrogens (primary N) is 1. The molecule has 150 valence electrons. The Kier molecular flexibility index (Phi) is 8.14. The lowest BCUT2D eigenvalue weighted by atomic mass is 10.1. The van der Waals surface area contributed by atoms with Gasteiger partial charge in [-0.25, -0.2) is 4.99 Å². The molecule has 0 bridgehead atoms. The van der Waals surface area contributed by atoms with Crippen LogP contribution in [0, 0.1) is 0 Å². The van der Waals surface area contributed by atoms with Crippen LogP contribution in [0.25, 0.3) is 0 Å². The number of carbonyl (C=O) groups is 1. The van der Waals surface area contributed by atoms with Crippen molar-refractivity contribution < 1.29 is 14.3 Å². The van der Waals surface area contributed by atoms with E-state index in [1.54, 1.807) is 14.2 Å². The Balaban J connectivity index is 1.78. The molecule has 0 aliphatic carbocycles. The van der Waals surface area contributed by atoms with Crippen molar-refractivity contribution in [3.05, 3.63) is 53.6 Å². The number of benzene rings is 2. The molecule has 0 heterocycles. The van der Waals surface area contributed by atoms with E-state index in [9.17, 15) is 4.79 Å². The van der Waals surface area contributed by atoms with Crippen molar-refractivity contribution in [3.63, 3.8) is 0 Å². The van der Waals surface area contributed by atoms with Crippen molar-refractivity contribution in [2.45, 2.75) is 19.8 Å². The van der Waals surface area contributed by atoms with Crippen molar-refractivity contribution in [1.82, 2.24) is 5.32 Å². The van der Waals surface area contributed by atoms with Gasteiger partial charge in [-0.15, -0.1) is 0 Å². The van der Waals surface area contributed by atoms with Crippen LogP contribution in [-0.2, 0) is 17.6 Å². The molecule has 0 unspecified atom stereocenters. The van der Waals surface area contributed by atoms with Crippen molar-refractivity contribution in [1.29, 1.82) is 0 Å². The SMILES string of the molecule is CCc1cccc(NC(=O)CN=C(N)NCCc2ccc(OC)c(OC)c2)c1. The highest BCUT2D eigenvalue weighted by Crippen LogP contribution is 2.27. The molecule has 2 aromatic carbocycles. The Bertz CT molecular complexity index is 821. The van der Waals surface area contributed by atoms with Crippen LogP contribution in [-0.4, -0.2) is 39.2 Å². The van der Waals surface area contributed by atoms with Gasteiger partial charge in [-0.3, -0.25) is 4.79 Å². The number of aryl methyl sites for hydroxylation is 1. The minimum Gasteiger partial charge on any atom is -0.493 e. The Morgan fingerprint density at radius 2 is 1.86 bits per heavy atom. The predicted octanol–water partition coefficient (Wildman–Crippen LogP) is 2.35. The number of nitrogens with one attached hydrogen (secondary N) is 2. The van der Waals surface area contributed by atoms with Gasteiger partial charge in [0.2, 0.25) is 5.91 Å². The lowest BCUT2D eigenvalue weighted by Crippen LogP contribution is -2.34. The van der Waals surface area contributed by atoms with Crippen LogP contribution >= 0.6 is 0 Å². The van der Waals surface area contributed by atoms with Crippen molar-refractivity contribution in [2.24, 2.45) is 10.7 Å². The predicted molar refractivity (Wildman–Crippen MR) is 112 cm³/mol. The molecule has 0 aliphatic heterocycles. The molecule has 28 heavy (non-hydrogen) atoms. The van der Waals surface area contributed by atoms with E-state index in [4.69, 9.17) is 15.2 Å². The maximum absolute atomic E-state index is 12.0.